The number of nitrogens with one attached hydrogen (secondary N) is 1. The normalized spacial score (nSPS) is 17.8. The molecule has 5 nitrogen and oxygen atoms in total. The van der Waals surface area contributed by atoms with Crippen molar-refractivity contribution in [1.29, 1.82) is 0 Å². The number of hydrogen-bond acceptors (Lipinski definition) is 3. The maximum Gasteiger partial charge on any atom is 0.317 e. The van der Waals surface area contributed by atoms with Crippen molar-refractivity contribution in [2.75, 3.05) is 24.6 Å². The number of carboxylic acid groups (broad SMARTS) is 1. The van der Waals surface area contributed by atoms with Crippen molar-refractivity contribution in [2.24, 2.45) is 5.92 Å². The number of carbonyl (C=O) groups excluding carboxylic acids is 1. The van der Waals surface area contributed by atoms with Crippen LogP contribution in [0.1, 0.15) is 33.1 Å². The van der Waals surface area contributed by atoms with Crippen LogP contribution in [0.2, 0.25) is 0 Å². The SMILES string of the molecule is CCN(C(=O)NCC1CCSCC1)C(C)CC(=O)O. The quantitative estimate of drug-likeness (QED) is 0.784. The predicted octanol–water partition coefficient (Wildman–Crippen LogP) is 2.02. The third-order valence-electron chi connectivity index (χ3n) is 3.49. The lowest BCUT2D eigenvalue weighted by Crippen LogP contribution is -2.47. The highest BCUT2D eigenvalue weighted by molar-refractivity contribution is 7.99. The molecule has 0 saturated carbocycles. The molecule has 0 spiro atoms. The minimum Gasteiger partial charge on any atom is -0.481 e. The summed E-state index contributed by atoms with van der Waals surface area (Å²) in [4.78, 5) is 24.3. The van der Waals surface area contributed by atoms with Gasteiger partial charge in [-0.2, -0.15) is 11.8 Å². The van der Waals surface area contributed by atoms with Crippen LogP contribution in [0.15, 0.2) is 0 Å². The first-order valence-electron chi connectivity index (χ1n) is 6.88. The number of carboxylic acids is 1. The van der Waals surface area contributed by atoms with Gasteiger partial charge in [0, 0.05) is 19.1 Å². The lowest BCUT2D eigenvalue weighted by atomic mass is 10.0. The molecule has 1 aliphatic rings. The molecule has 0 aromatic rings. The van der Waals surface area contributed by atoms with Crippen molar-refractivity contribution in [1.82, 2.24) is 10.2 Å². The van der Waals surface area contributed by atoms with Crippen LogP contribution < -0.4 is 5.32 Å². The molecular formula is C13H24N2O3S. The largest absolute Gasteiger partial charge is 0.481 e. The van der Waals surface area contributed by atoms with E-state index in [1.54, 1.807) is 11.8 Å². The average molecular weight is 288 g/mol. The Morgan fingerprint density at radius 2 is 2.05 bits per heavy atom. The molecule has 0 bridgehead atoms. The number of aliphatic carboxylic acids is 1. The molecule has 1 rings (SSSR count). The predicted molar refractivity (Wildman–Crippen MR) is 77.5 cm³/mol. The molecule has 1 heterocycles. The molecule has 1 fully saturated rings. The highest BCUT2D eigenvalue weighted by Gasteiger charge is 2.22. The van der Waals surface area contributed by atoms with Gasteiger partial charge in [0.1, 0.15) is 0 Å². The molecular weight excluding hydrogens is 264 g/mol. The zero-order valence-corrected chi connectivity index (χ0v) is 12.5. The van der Waals surface area contributed by atoms with E-state index in [1.165, 1.54) is 11.5 Å². The van der Waals surface area contributed by atoms with E-state index in [0.29, 0.717) is 19.0 Å². The third-order valence-corrected chi connectivity index (χ3v) is 4.54. The van der Waals surface area contributed by atoms with Gasteiger partial charge in [-0.15, -0.1) is 0 Å². The standard InChI is InChI=1S/C13H24N2O3S/c1-3-15(10(2)8-12(16)17)13(18)14-9-11-4-6-19-7-5-11/h10-11H,3-9H2,1-2H3,(H,14,18)(H,16,17). The fourth-order valence-corrected chi connectivity index (χ4v) is 3.51. The summed E-state index contributed by atoms with van der Waals surface area (Å²) in [6.07, 6.45) is 2.30. The number of urea groups is 1. The van der Waals surface area contributed by atoms with E-state index < -0.39 is 5.97 Å². The number of nitrogens with zero attached hydrogens (tertiary/aromatic N) is 1. The zero-order valence-electron chi connectivity index (χ0n) is 11.7. The summed E-state index contributed by atoms with van der Waals surface area (Å²) in [7, 11) is 0. The summed E-state index contributed by atoms with van der Waals surface area (Å²) in [6, 6.07) is -0.418. The molecule has 0 aliphatic carbocycles. The Morgan fingerprint density at radius 1 is 1.42 bits per heavy atom. The minimum absolute atomic E-state index is 0.0126. The van der Waals surface area contributed by atoms with Crippen molar-refractivity contribution >= 4 is 23.8 Å². The molecule has 1 saturated heterocycles. The van der Waals surface area contributed by atoms with Crippen LogP contribution in [0.25, 0.3) is 0 Å². The van der Waals surface area contributed by atoms with Gasteiger partial charge < -0.3 is 15.3 Å². The molecule has 0 radical (unpaired) electrons. The van der Waals surface area contributed by atoms with Gasteiger partial charge in [-0.05, 0) is 44.1 Å². The Balaban J connectivity index is 2.37. The fourth-order valence-electron chi connectivity index (χ4n) is 2.30. The van der Waals surface area contributed by atoms with E-state index in [9.17, 15) is 9.59 Å². The maximum atomic E-state index is 12.1. The van der Waals surface area contributed by atoms with Gasteiger partial charge in [-0.3, -0.25) is 4.79 Å². The molecule has 6 heteroatoms. The minimum atomic E-state index is -0.872. The number of hydrogen-bond donors (Lipinski definition) is 2. The molecule has 1 aliphatic heterocycles. The van der Waals surface area contributed by atoms with Gasteiger partial charge in [0.25, 0.3) is 0 Å². The Bertz CT molecular complexity index is 306. The summed E-state index contributed by atoms with van der Waals surface area (Å²) in [5, 5.41) is 11.7. The summed E-state index contributed by atoms with van der Waals surface area (Å²) in [5.41, 5.74) is 0. The average Bonchev–Trinajstić information content (AvgIpc) is 2.37. The van der Waals surface area contributed by atoms with Crippen LogP contribution >= 0.6 is 11.8 Å². The Labute approximate surface area is 119 Å². The van der Waals surface area contributed by atoms with Crippen molar-refractivity contribution in [3.8, 4) is 0 Å². The second-order valence-corrected chi connectivity index (χ2v) is 6.20. The van der Waals surface area contributed by atoms with Crippen LogP contribution in [-0.2, 0) is 4.79 Å². The number of rotatable bonds is 6. The highest BCUT2D eigenvalue weighted by atomic mass is 32.2. The van der Waals surface area contributed by atoms with Crippen LogP contribution in [-0.4, -0.2) is 52.6 Å². The van der Waals surface area contributed by atoms with Gasteiger partial charge in [0.05, 0.1) is 6.42 Å². The zero-order chi connectivity index (χ0) is 14.3. The second-order valence-electron chi connectivity index (χ2n) is 4.97. The Hall–Kier alpha value is -0.910. The van der Waals surface area contributed by atoms with Gasteiger partial charge in [0.2, 0.25) is 0 Å². The Morgan fingerprint density at radius 3 is 2.58 bits per heavy atom. The smallest absolute Gasteiger partial charge is 0.317 e. The summed E-state index contributed by atoms with van der Waals surface area (Å²) >= 11 is 1.97. The summed E-state index contributed by atoms with van der Waals surface area (Å²) in [6.45, 7) is 4.88. The van der Waals surface area contributed by atoms with Crippen LogP contribution in [0, 0.1) is 5.92 Å². The maximum absolute atomic E-state index is 12.1. The van der Waals surface area contributed by atoms with Gasteiger partial charge >= 0.3 is 12.0 Å². The van der Waals surface area contributed by atoms with Crippen LogP contribution in [0.4, 0.5) is 4.79 Å². The van der Waals surface area contributed by atoms with Crippen molar-refractivity contribution in [2.45, 2.75) is 39.2 Å². The van der Waals surface area contributed by atoms with Crippen molar-refractivity contribution in [3.63, 3.8) is 0 Å². The molecule has 0 aromatic carbocycles. The lowest BCUT2D eigenvalue weighted by molar-refractivity contribution is -0.138. The number of thioether (sulfide) groups is 1. The van der Waals surface area contributed by atoms with E-state index >= 15 is 0 Å². The topological polar surface area (TPSA) is 69.6 Å². The van der Waals surface area contributed by atoms with E-state index in [0.717, 1.165) is 12.8 Å². The first-order valence-corrected chi connectivity index (χ1v) is 8.04. The lowest BCUT2D eigenvalue weighted by Gasteiger charge is -2.29. The van der Waals surface area contributed by atoms with E-state index in [1.807, 2.05) is 18.7 Å². The van der Waals surface area contributed by atoms with E-state index in [4.69, 9.17) is 5.11 Å². The molecule has 0 aromatic heterocycles. The van der Waals surface area contributed by atoms with Gasteiger partial charge in [-0.25, -0.2) is 4.79 Å². The van der Waals surface area contributed by atoms with Crippen LogP contribution in [0.5, 0.6) is 0 Å². The summed E-state index contributed by atoms with van der Waals surface area (Å²) < 4.78 is 0. The Kier molecular flexibility index (Phi) is 7.05. The van der Waals surface area contributed by atoms with Gasteiger partial charge in [-0.1, -0.05) is 0 Å². The molecule has 1 atom stereocenters. The van der Waals surface area contributed by atoms with E-state index in [-0.39, 0.29) is 18.5 Å². The second kappa shape index (κ2) is 8.30. The highest BCUT2D eigenvalue weighted by Crippen LogP contribution is 2.21. The molecule has 2 N–H and O–H groups in total. The first kappa shape index (κ1) is 16.1. The van der Waals surface area contributed by atoms with Crippen molar-refractivity contribution < 1.29 is 14.7 Å². The van der Waals surface area contributed by atoms with E-state index in [2.05, 4.69) is 5.32 Å². The first-order chi connectivity index (χ1) is 9.04. The molecule has 19 heavy (non-hydrogen) atoms. The number of amides is 2. The monoisotopic (exact) mass is 288 g/mol. The third kappa shape index (κ3) is 5.72. The van der Waals surface area contributed by atoms with Gasteiger partial charge in [0.15, 0.2) is 0 Å². The summed E-state index contributed by atoms with van der Waals surface area (Å²) in [5.74, 6) is 2.04. The fraction of sp³-hybridized carbons (Fsp3) is 0.846. The molecule has 110 valence electrons. The van der Waals surface area contributed by atoms with Crippen molar-refractivity contribution in [3.05, 3.63) is 0 Å². The number of carbonyl (C=O) groups is 2. The molecule has 1 unspecified atom stereocenters. The molecule has 2 amide bonds. The van der Waals surface area contributed by atoms with Crippen LogP contribution in [0.3, 0.4) is 0 Å².